The van der Waals surface area contributed by atoms with Crippen LogP contribution in [0.2, 0.25) is 0 Å². The summed E-state index contributed by atoms with van der Waals surface area (Å²) >= 11 is 0. The molecule has 2 rings (SSSR count). The molecule has 1 aromatic rings. The molecule has 18 heavy (non-hydrogen) atoms. The molecule has 1 amide bonds. The molecule has 7 nitrogen and oxygen atoms in total. The van der Waals surface area contributed by atoms with E-state index in [1.807, 2.05) is 0 Å². The lowest BCUT2D eigenvalue weighted by molar-refractivity contribution is 0.0712. The zero-order chi connectivity index (χ0) is 13.0. The average molecular weight is 251 g/mol. The van der Waals surface area contributed by atoms with Gasteiger partial charge < -0.3 is 15.8 Å². The molecule has 0 radical (unpaired) electrons. The van der Waals surface area contributed by atoms with Crippen LogP contribution >= 0.6 is 0 Å². The van der Waals surface area contributed by atoms with E-state index in [-0.39, 0.29) is 24.3 Å². The summed E-state index contributed by atoms with van der Waals surface area (Å²) in [7, 11) is 0. The zero-order valence-corrected chi connectivity index (χ0v) is 10.0. The van der Waals surface area contributed by atoms with Crippen LogP contribution in [0.25, 0.3) is 0 Å². The van der Waals surface area contributed by atoms with Crippen LogP contribution in [-0.2, 0) is 0 Å². The van der Waals surface area contributed by atoms with Crippen molar-refractivity contribution in [3.63, 3.8) is 0 Å². The van der Waals surface area contributed by atoms with Gasteiger partial charge in [-0.05, 0) is 12.8 Å². The fourth-order valence-electron chi connectivity index (χ4n) is 2.32. The largest absolute Gasteiger partial charge is 0.409 e. The molecule has 0 atom stereocenters. The topological polar surface area (TPSA) is 108 Å². The zero-order valence-electron chi connectivity index (χ0n) is 10.0. The lowest BCUT2D eigenvalue weighted by Gasteiger charge is -2.28. The first kappa shape index (κ1) is 12.4. The highest BCUT2D eigenvalue weighted by atomic mass is 16.4. The van der Waals surface area contributed by atoms with Gasteiger partial charge in [0, 0.05) is 12.2 Å². The third-order valence-electron chi connectivity index (χ3n) is 3.23. The molecular formula is C11H17N5O2. The Hall–Kier alpha value is -2.05. The molecule has 7 heteroatoms. The van der Waals surface area contributed by atoms with Gasteiger partial charge in [-0.3, -0.25) is 9.89 Å². The second-order valence-corrected chi connectivity index (χ2v) is 4.45. The van der Waals surface area contributed by atoms with Gasteiger partial charge in [-0.2, -0.15) is 5.10 Å². The molecular weight excluding hydrogens is 234 g/mol. The lowest BCUT2D eigenvalue weighted by Crippen LogP contribution is -2.44. The molecule has 0 aliphatic heterocycles. The Balaban J connectivity index is 2.15. The number of hydrogen-bond acceptors (Lipinski definition) is 4. The number of rotatable bonds is 4. The number of amides is 1. The minimum atomic E-state index is -0.137. The van der Waals surface area contributed by atoms with E-state index in [1.54, 1.807) is 11.1 Å². The maximum atomic E-state index is 12.3. The number of aromatic amines is 1. The number of nitrogens with two attached hydrogens (primary N) is 1. The number of aromatic nitrogens is 2. The quantitative estimate of drug-likeness (QED) is 0.314. The predicted octanol–water partition coefficient (Wildman–Crippen LogP) is 0.541. The van der Waals surface area contributed by atoms with Gasteiger partial charge in [-0.1, -0.05) is 18.0 Å². The SMILES string of the molecule is NC(CN(C(=O)c1cn[nH]c1)C1CCCC1)=NO. The number of carbonyl (C=O) groups is 1. The molecule has 0 spiro atoms. The number of nitrogens with one attached hydrogen (secondary N) is 1. The van der Waals surface area contributed by atoms with E-state index in [0.717, 1.165) is 25.7 Å². The summed E-state index contributed by atoms with van der Waals surface area (Å²) in [6.07, 6.45) is 7.17. The number of H-pyrrole nitrogens is 1. The van der Waals surface area contributed by atoms with Gasteiger partial charge in [0.2, 0.25) is 0 Å². The molecule has 0 unspecified atom stereocenters. The third kappa shape index (κ3) is 2.61. The summed E-state index contributed by atoms with van der Waals surface area (Å²) in [4.78, 5) is 14.0. The van der Waals surface area contributed by atoms with Gasteiger partial charge in [-0.25, -0.2) is 0 Å². The Morgan fingerprint density at radius 2 is 2.33 bits per heavy atom. The van der Waals surface area contributed by atoms with Crippen LogP contribution in [0, 0.1) is 0 Å². The van der Waals surface area contributed by atoms with E-state index < -0.39 is 0 Å². The van der Waals surface area contributed by atoms with Crippen molar-refractivity contribution < 1.29 is 10.0 Å². The van der Waals surface area contributed by atoms with Crippen molar-refractivity contribution in [2.75, 3.05) is 6.54 Å². The molecule has 98 valence electrons. The highest BCUT2D eigenvalue weighted by Gasteiger charge is 2.28. The fraction of sp³-hybridized carbons (Fsp3) is 0.545. The van der Waals surface area contributed by atoms with Gasteiger partial charge in [0.05, 0.1) is 18.3 Å². The Kier molecular flexibility index (Phi) is 3.81. The van der Waals surface area contributed by atoms with Crippen LogP contribution in [-0.4, -0.2) is 44.6 Å². The Labute approximate surface area is 105 Å². The first-order valence-corrected chi connectivity index (χ1v) is 5.98. The number of carbonyl (C=O) groups excluding carboxylic acids is 1. The van der Waals surface area contributed by atoms with Gasteiger partial charge >= 0.3 is 0 Å². The van der Waals surface area contributed by atoms with Gasteiger partial charge in [0.25, 0.3) is 5.91 Å². The Morgan fingerprint density at radius 1 is 1.61 bits per heavy atom. The molecule has 1 aliphatic rings. The van der Waals surface area contributed by atoms with E-state index in [9.17, 15) is 4.79 Å². The molecule has 1 saturated carbocycles. The summed E-state index contributed by atoms with van der Waals surface area (Å²) in [5.74, 6) is -0.0963. The van der Waals surface area contributed by atoms with Crippen molar-refractivity contribution in [2.24, 2.45) is 10.9 Å². The van der Waals surface area contributed by atoms with Crippen molar-refractivity contribution in [1.82, 2.24) is 15.1 Å². The fourth-order valence-corrected chi connectivity index (χ4v) is 2.32. The van der Waals surface area contributed by atoms with E-state index >= 15 is 0 Å². The maximum Gasteiger partial charge on any atom is 0.257 e. The van der Waals surface area contributed by atoms with Crippen molar-refractivity contribution in [1.29, 1.82) is 0 Å². The first-order chi connectivity index (χ1) is 8.72. The molecule has 0 bridgehead atoms. The minimum absolute atomic E-state index is 0.0405. The monoisotopic (exact) mass is 251 g/mol. The standard InChI is InChI=1S/C11H17N5O2/c12-10(15-18)7-16(9-3-1-2-4-9)11(17)8-5-13-14-6-8/h5-6,9,18H,1-4,7H2,(H2,12,15)(H,13,14). The molecule has 4 N–H and O–H groups in total. The van der Waals surface area contributed by atoms with Gasteiger partial charge in [-0.15, -0.1) is 0 Å². The first-order valence-electron chi connectivity index (χ1n) is 5.98. The van der Waals surface area contributed by atoms with Crippen LogP contribution in [0.4, 0.5) is 0 Å². The maximum absolute atomic E-state index is 12.3. The number of amidine groups is 1. The third-order valence-corrected chi connectivity index (χ3v) is 3.23. The van der Waals surface area contributed by atoms with E-state index in [4.69, 9.17) is 10.9 Å². The summed E-state index contributed by atoms with van der Waals surface area (Å²) in [5, 5.41) is 18.0. The average Bonchev–Trinajstić information content (AvgIpc) is 3.06. The molecule has 1 aliphatic carbocycles. The van der Waals surface area contributed by atoms with E-state index in [0.29, 0.717) is 5.56 Å². The van der Waals surface area contributed by atoms with Crippen molar-refractivity contribution in [2.45, 2.75) is 31.7 Å². The minimum Gasteiger partial charge on any atom is -0.409 e. The normalized spacial score (nSPS) is 17.0. The molecule has 1 fully saturated rings. The summed E-state index contributed by atoms with van der Waals surface area (Å²) in [6, 6.07) is 0.160. The number of oxime groups is 1. The summed E-state index contributed by atoms with van der Waals surface area (Å²) in [6.45, 7) is 0.144. The highest BCUT2D eigenvalue weighted by Crippen LogP contribution is 2.24. The van der Waals surface area contributed by atoms with Crippen LogP contribution < -0.4 is 5.73 Å². The highest BCUT2D eigenvalue weighted by molar-refractivity contribution is 5.96. The van der Waals surface area contributed by atoms with Crippen molar-refractivity contribution in [3.05, 3.63) is 18.0 Å². The second kappa shape index (κ2) is 5.52. The molecule has 1 aromatic heterocycles. The predicted molar refractivity (Wildman–Crippen MR) is 65.3 cm³/mol. The van der Waals surface area contributed by atoms with Gasteiger partial charge in [0.1, 0.15) is 0 Å². The Bertz CT molecular complexity index is 423. The Morgan fingerprint density at radius 3 is 2.89 bits per heavy atom. The van der Waals surface area contributed by atoms with E-state index in [2.05, 4.69) is 15.4 Å². The summed E-state index contributed by atoms with van der Waals surface area (Å²) in [5.41, 5.74) is 6.01. The van der Waals surface area contributed by atoms with Crippen molar-refractivity contribution in [3.8, 4) is 0 Å². The molecule has 0 saturated heterocycles. The van der Waals surface area contributed by atoms with E-state index in [1.165, 1.54) is 6.20 Å². The number of hydrogen-bond donors (Lipinski definition) is 3. The van der Waals surface area contributed by atoms with Gasteiger partial charge in [0.15, 0.2) is 5.84 Å². The second-order valence-electron chi connectivity index (χ2n) is 4.45. The smallest absolute Gasteiger partial charge is 0.257 e. The van der Waals surface area contributed by atoms with Crippen LogP contribution in [0.5, 0.6) is 0 Å². The summed E-state index contributed by atoms with van der Waals surface area (Å²) < 4.78 is 0. The van der Waals surface area contributed by atoms with Crippen molar-refractivity contribution >= 4 is 11.7 Å². The van der Waals surface area contributed by atoms with Crippen LogP contribution in [0.3, 0.4) is 0 Å². The lowest BCUT2D eigenvalue weighted by atomic mass is 10.1. The van der Waals surface area contributed by atoms with Crippen LogP contribution in [0.1, 0.15) is 36.0 Å². The van der Waals surface area contributed by atoms with Crippen LogP contribution in [0.15, 0.2) is 17.5 Å². The number of nitrogens with zero attached hydrogens (tertiary/aromatic N) is 3. The molecule has 0 aromatic carbocycles. The molecule has 1 heterocycles.